The number of carbonyl (C=O) groups is 1. The number of amides is 1. The smallest absolute Gasteiger partial charge is 0.224 e. The summed E-state index contributed by atoms with van der Waals surface area (Å²) in [6.45, 7) is 3.94. The second kappa shape index (κ2) is 7.98. The predicted octanol–water partition coefficient (Wildman–Crippen LogP) is 3.46. The summed E-state index contributed by atoms with van der Waals surface area (Å²) in [7, 11) is -3.31. The molecule has 6 nitrogen and oxygen atoms in total. The first-order valence-electron chi connectivity index (χ1n) is 8.96. The molecule has 0 atom stereocenters. The SMILES string of the molecule is Cc1nn(-c2ccccc2)c(C)c1CCC(=O)Nc1cccc(S(C)(=O)=O)c1. The van der Waals surface area contributed by atoms with Crippen LogP contribution in [0.5, 0.6) is 0 Å². The van der Waals surface area contributed by atoms with Crippen LogP contribution in [0, 0.1) is 13.8 Å². The van der Waals surface area contributed by atoms with Crippen molar-refractivity contribution in [2.24, 2.45) is 0 Å². The molecule has 1 N–H and O–H groups in total. The number of carbonyl (C=O) groups excluding carboxylic acids is 1. The molecule has 1 aromatic heterocycles. The lowest BCUT2D eigenvalue weighted by atomic mass is 10.1. The van der Waals surface area contributed by atoms with Crippen LogP contribution in [0.25, 0.3) is 5.69 Å². The molecule has 3 rings (SSSR count). The number of benzene rings is 2. The Hall–Kier alpha value is -2.93. The number of sulfone groups is 1. The molecule has 0 spiro atoms. The lowest BCUT2D eigenvalue weighted by molar-refractivity contribution is -0.116. The molecular formula is C21H23N3O3S. The average molecular weight is 398 g/mol. The molecule has 0 unspecified atom stereocenters. The summed E-state index contributed by atoms with van der Waals surface area (Å²) in [6, 6.07) is 16.1. The van der Waals surface area contributed by atoms with E-state index in [-0.39, 0.29) is 17.2 Å². The van der Waals surface area contributed by atoms with E-state index in [2.05, 4.69) is 10.4 Å². The van der Waals surface area contributed by atoms with Gasteiger partial charge in [0.25, 0.3) is 0 Å². The van der Waals surface area contributed by atoms with E-state index >= 15 is 0 Å². The van der Waals surface area contributed by atoms with E-state index < -0.39 is 9.84 Å². The monoisotopic (exact) mass is 397 g/mol. The van der Waals surface area contributed by atoms with Crippen molar-refractivity contribution >= 4 is 21.4 Å². The van der Waals surface area contributed by atoms with Gasteiger partial charge in [0.05, 0.1) is 16.3 Å². The zero-order valence-corrected chi connectivity index (χ0v) is 17.0. The number of nitrogens with zero attached hydrogens (tertiary/aromatic N) is 2. The Kier molecular flexibility index (Phi) is 5.65. The Morgan fingerprint density at radius 2 is 1.79 bits per heavy atom. The third-order valence-corrected chi connectivity index (χ3v) is 5.70. The van der Waals surface area contributed by atoms with Crippen molar-refractivity contribution in [3.05, 3.63) is 71.5 Å². The first-order valence-corrected chi connectivity index (χ1v) is 10.9. The number of anilines is 1. The molecule has 1 amide bonds. The van der Waals surface area contributed by atoms with Crippen LogP contribution < -0.4 is 5.32 Å². The predicted molar refractivity (Wildman–Crippen MR) is 110 cm³/mol. The minimum atomic E-state index is -3.31. The highest BCUT2D eigenvalue weighted by atomic mass is 32.2. The van der Waals surface area contributed by atoms with E-state index in [0.29, 0.717) is 12.1 Å². The van der Waals surface area contributed by atoms with Crippen molar-refractivity contribution in [1.82, 2.24) is 9.78 Å². The fourth-order valence-electron chi connectivity index (χ4n) is 3.12. The maximum atomic E-state index is 12.4. The first kappa shape index (κ1) is 19.8. The second-order valence-corrected chi connectivity index (χ2v) is 8.76. The van der Waals surface area contributed by atoms with Gasteiger partial charge in [-0.25, -0.2) is 13.1 Å². The summed E-state index contributed by atoms with van der Waals surface area (Å²) in [4.78, 5) is 12.5. The normalized spacial score (nSPS) is 11.4. The van der Waals surface area contributed by atoms with E-state index in [4.69, 9.17) is 0 Å². The van der Waals surface area contributed by atoms with Gasteiger partial charge in [-0.3, -0.25) is 4.79 Å². The number of rotatable bonds is 6. The largest absolute Gasteiger partial charge is 0.326 e. The molecular weight excluding hydrogens is 374 g/mol. The molecule has 0 saturated heterocycles. The van der Waals surface area contributed by atoms with Crippen LogP contribution in [0.1, 0.15) is 23.4 Å². The molecule has 0 aliphatic carbocycles. The molecule has 28 heavy (non-hydrogen) atoms. The average Bonchev–Trinajstić information content (AvgIpc) is 2.94. The third-order valence-electron chi connectivity index (χ3n) is 4.59. The van der Waals surface area contributed by atoms with Gasteiger partial charge >= 0.3 is 0 Å². The lowest BCUT2D eigenvalue weighted by Crippen LogP contribution is -2.13. The number of para-hydroxylation sites is 1. The summed E-state index contributed by atoms with van der Waals surface area (Å²) < 4.78 is 25.2. The van der Waals surface area contributed by atoms with Gasteiger partial charge in [0.1, 0.15) is 0 Å². The molecule has 2 aromatic carbocycles. The van der Waals surface area contributed by atoms with Gasteiger partial charge in [0.2, 0.25) is 5.91 Å². The van der Waals surface area contributed by atoms with Crippen LogP contribution in [-0.4, -0.2) is 30.4 Å². The first-order chi connectivity index (χ1) is 13.3. The van der Waals surface area contributed by atoms with Crippen LogP contribution in [0.2, 0.25) is 0 Å². The minimum Gasteiger partial charge on any atom is -0.326 e. The van der Waals surface area contributed by atoms with Gasteiger partial charge in [0.15, 0.2) is 9.84 Å². The van der Waals surface area contributed by atoms with Crippen LogP contribution >= 0.6 is 0 Å². The second-order valence-electron chi connectivity index (χ2n) is 6.74. The number of hydrogen-bond donors (Lipinski definition) is 1. The topological polar surface area (TPSA) is 81.1 Å². The van der Waals surface area contributed by atoms with E-state index in [1.165, 1.54) is 12.1 Å². The summed E-state index contributed by atoms with van der Waals surface area (Å²) in [6.07, 6.45) is 1.98. The minimum absolute atomic E-state index is 0.170. The van der Waals surface area contributed by atoms with Crippen molar-refractivity contribution < 1.29 is 13.2 Å². The van der Waals surface area contributed by atoms with Crippen LogP contribution in [-0.2, 0) is 21.1 Å². The molecule has 7 heteroatoms. The zero-order valence-electron chi connectivity index (χ0n) is 16.1. The standard InChI is InChI=1S/C21H23N3O3S/c1-15-20(16(2)24(23-15)18-9-5-4-6-10-18)12-13-21(25)22-17-8-7-11-19(14-17)28(3,26)27/h4-11,14H,12-13H2,1-3H3,(H,22,25). The number of nitrogens with one attached hydrogen (secondary N) is 1. The molecule has 1 heterocycles. The van der Waals surface area contributed by atoms with Gasteiger partial charge < -0.3 is 5.32 Å². The van der Waals surface area contributed by atoms with Crippen molar-refractivity contribution in [2.75, 3.05) is 11.6 Å². The molecule has 0 fully saturated rings. The molecule has 0 aliphatic heterocycles. The molecule has 0 bridgehead atoms. The van der Waals surface area contributed by atoms with Crippen LogP contribution in [0.4, 0.5) is 5.69 Å². The fraction of sp³-hybridized carbons (Fsp3) is 0.238. The molecule has 0 radical (unpaired) electrons. The van der Waals surface area contributed by atoms with E-state index in [1.807, 2.05) is 48.9 Å². The fourth-order valence-corrected chi connectivity index (χ4v) is 3.79. The van der Waals surface area contributed by atoms with Crippen LogP contribution in [0.15, 0.2) is 59.5 Å². The van der Waals surface area contributed by atoms with Crippen molar-refractivity contribution in [1.29, 1.82) is 0 Å². The highest BCUT2D eigenvalue weighted by Gasteiger charge is 2.15. The highest BCUT2D eigenvalue weighted by molar-refractivity contribution is 7.90. The van der Waals surface area contributed by atoms with Crippen molar-refractivity contribution in [3.8, 4) is 5.69 Å². The van der Waals surface area contributed by atoms with Gasteiger partial charge in [-0.1, -0.05) is 24.3 Å². The van der Waals surface area contributed by atoms with Crippen molar-refractivity contribution in [3.63, 3.8) is 0 Å². The summed E-state index contributed by atoms with van der Waals surface area (Å²) in [5.41, 5.74) is 4.41. The van der Waals surface area contributed by atoms with Crippen LogP contribution in [0.3, 0.4) is 0 Å². The maximum Gasteiger partial charge on any atom is 0.224 e. The quantitative estimate of drug-likeness (QED) is 0.691. The Bertz CT molecular complexity index is 1100. The van der Waals surface area contributed by atoms with Gasteiger partial charge in [-0.15, -0.1) is 0 Å². The zero-order chi connectivity index (χ0) is 20.3. The molecule has 0 saturated carbocycles. The number of aromatic nitrogens is 2. The van der Waals surface area contributed by atoms with Crippen molar-refractivity contribution in [2.45, 2.75) is 31.6 Å². The molecule has 0 aliphatic rings. The molecule has 146 valence electrons. The molecule has 3 aromatic rings. The number of hydrogen-bond acceptors (Lipinski definition) is 4. The van der Waals surface area contributed by atoms with E-state index in [1.54, 1.807) is 12.1 Å². The van der Waals surface area contributed by atoms with E-state index in [0.717, 1.165) is 28.9 Å². The lowest BCUT2D eigenvalue weighted by Gasteiger charge is -2.08. The number of aryl methyl sites for hydroxylation is 1. The third kappa shape index (κ3) is 4.48. The summed E-state index contributed by atoms with van der Waals surface area (Å²) >= 11 is 0. The van der Waals surface area contributed by atoms with E-state index in [9.17, 15) is 13.2 Å². The van der Waals surface area contributed by atoms with Gasteiger partial charge in [-0.05, 0) is 56.2 Å². The Morgan fingerprint density at radius 3 is 2.46 bits per heavy atom. The van der Waals surface area contributed by atoms with Gasteiger partial charge in [0, 0.05) is 24.1 Å². The Balaban J connectivity index is 1.70. The van der Waals surface area contributed by atoms with Gasteiger partial charge in [-0.2, -0.15) is 5.10 Å². The highest BCUT2D eigenvalue weighted by Crippen LogP contribution is 2.20. The Labute approximate surface area is 165 Å². The summed E-state index contributed by atoms with van der Waals surface area (Å²) in [5.74, 6) is -0.170. The maximum absolute atomic E-state index is 12.4. The Morgan fingerprint density at radius 1 is 1.07 bits per heavy atom. The summed E-state index contributed by atoms with van der Waals surface area (Å²) in [5, 5.41) is 7.37.